The number of nitrogens with one attached hydrogen (secondary N) is 1. The quantitative estimate of drug-likeness (QED) is 0.214. The van der Waals surface area contributed by atoms with Gasteiger partial charge in [-0.15, -0.1) is 12.4 Å². The number of pyridine rings is 2. The van der Waals surface area contributed by atoms with Crippen molar-refractivity contribution in [3.05, 3.63) is 72.1 Å². The monoisotopic (exact) mass is 645 g/mol. The zero-order valence-electron chi connectivity index (χ0n) is 23.4. The number of carboxylic acid groups (broad SMARTS) is 1. The Morgan fingerprint density at radius 2 is 1.84 bits per heavy atom. The number of aliphatic carboxylic acids is 1. The molecule has 1 aliphatic rings. The van der Waals surface area contributed by atoms with Gasteiger partial charge in [-0.3, -0.25) is 14.6 Å². The number of hydrogen-bond acceptors (Lipinski definition) is 9. The van der Waals surface area contributed by atoms with E-state index in [1.807, 2.05) is 0 Å². The van der Waals surface area contributed by atoms with Gasteiger partial charge in [-0.1, -0.05) is 55.2 Å². The van der Waals surface area contributed by atoms with Gasteiger partial charge in [-0.2, -0.15) is 4.31 Å². The third kappa shape index (κ3) is 7.85. The molecule has 0 spiro atoms. The highest BCUT2D eigenvalue weighted by Gasteiger charge is 2.30. The molecule has 0 saturated heterocycles. The maximum Gasteiger partial charge on any atom is 0.318 e. The summed E-state index contributed by atoms with van der Waals surface area (Å²) in [5, 5.41) is 12.8. The summed E-state index contributed by atoms with van der Waals surface area (Å²) in [5.41, 5.74) is 1.75. The minimum absolute atomic E-state index is 0. The molecule has 1 atom stereocenters. The van der Waals surface area contributed by atoms with Crippen molar-refractivity contribution in [2.75, 3.05) is 19.0 Å². The molecule has 1 aromatic carbocycles. The number of nitrogens with zero attached hydrogens (tertiary/aromatic N) is 4. The van der Waals surface area contributed by atoms with Crippen LogP contribution in [0.2, 0.25) is 0 Å². The molecule has 3 aromatic heterocycles. The SMILES string of the molecule is COc1ccc2nc(NC(=O)C(CC3CCCC3)c3ccc(S(=O)(=O)N(CC(=O)O)Cc4ccccn4)cc3)sc2n1.Cl. The van der Waals surface area contributed by atoms with Crippen LogP contribution >= 0.6 is 23.7 Å². The largest absolute Gasteiger partial charge is 0.481 e. The Kier molecular flexibility index (Phi) is 10.7. The number of aromatic nitrogens is 3. The maximum absolute atomic E-state index is 13.6. The summed E-state index contributed by atoms with van der Waals surface area (Å²) >= 11 is 1.25. The summed E-state index contributed by atoms with van der Waals surface area (Å²) in [5.74, 6) is -1.19. The van der Waals surface area contributed by atoms with Crippen molar-refractivity contribution in [1.82, 2.24) is 19.3 Å². The molecule has 228 valence electrons. The lowest BCUT2D eigenvalue weighted by Crippen LogP contribution is -2.35. The molecule has 14 heteroatoms. The van der Waals surface area contributed by atoms with Crippen molar-refractivity contribution < 1.29 is 27.9 Å². The third-order valence-corrected chi connectivity index (χ3v) is 10.0. The zero-order chi connectivity index (χ0) is 29.7. The van der Waals surface area contributed by atoms with Crippen molar-refractivity contribution in [1.29, 1.82) is 0 Å². The number of carboxylic acids is 1. The van der Waals surface area contributed by atoms with Crippen LogP contribution in [-0.2, 0) is 26.2 Å². The number of methoxy groups -OCH3 is 1. The van der Waals surface area contributed by atoms with Crippen molar-refractivity contribution >= 4 is 61.1 Å². The number of rotatable bonds is 12. The molecule has 5 rings (SSSR count). The fourth-order valence-electron chi connectivity index (χ4n) is 5.20. The predicted molar refractivity (Wildman–Crippen MR) is 165 cm³/mol. The van der Waals surface area contributed by atoms with E-state index in [1.54, 1.807) is 42.5 Å². The minimum Gasteiger partial charge on any atom is -0.481 e. The number of ether oxygens (including phenoxy) is 1. The van der Waals surface area contributed by atoms with Gasteiger partial charge in [0.15, 0.2) is 5.13 Å². The summed E-state index contributed by atoms with van der Waals surface area (Å²) in [7, 11) is -2.63. The maximum atomic E-state index is 13.6. The molecule has 0 aliphatic heterocycles. The van der Waals surface area contributed by atoms with E-state index in [2.05, 4.69) is 20.3 Å². The number of carbonyl (C=O) groups excluding carboxylic acids is 1. The summed E-state index contributed by atoms with van der Waals surface area (Å²) in [6.07, 6.45) is 6.47. The summed E-state index contributed by atoms with van der Waals surface area (Å²) < 4.78 is 33.0. The number of halogens is 1. The highest BCUT2D eigenvalue weighted by atomic mass is 35.5. The Balaban J connectivity index is 0.00000423. The molecule has 2 N–H and O–H groups in total. The second-order valence-corrected chi connectivity index (χ2v) is 13.1. The van der Waals surface area contributed by atoms with Crippen LogP contribution in [0.15, 0.2) is 65.7 Å². The van der Waals surface area contributed by atoms with E-state index in [9.17, 15) is 23.1 Å². The van der Waals surface area contributed by atoms with Crippen LogP contribution in [0.3, 0.4) is 0 Å². The predicted octanol–water partition coefficient (Wildman–Crippen LogP) is 5.09. The summed E-state index contributed by atoms with van der Waals surface area (Å²) in [6, 6.07) is 14.7. The number of hydrogen-bond donors (Lipinski definition) is 2. The van der Waals surface area contributed by atoms with Gasteiger partial charge in [0, 0.05) is 12.3 Å². The summed E-state index contributed by atoms with van der Waals surface area (Å²) in [4.78, 5) is 38.7. The number of fused-ring (bicyclic) bond motifs is 1. The van der Waals surface area contributed by atoms with Crippen molar-refractivity contribution in [2.45, 2.75) is 49.5 Å². The van der Waals surface area contributed by atoms with E-state index in [1.165, 1.54) is 36.8 Å². The highest BCUT2D eigenvalue weighted by Crippen LogP contribution is 2.36. The van der Waals surface area contributed by atoms with Crippen molar-refractivity contribution in [3.8, 4) is 5.88 Å². The average molecular weight is 646 g/mol. The molecular formula is C29H32ClN5O6S2. The first-order valence-corrected chi connectivity index (χ1v) is 15.8. The second-order valence-electron chi connectivity index (χ2n) is 10.2. The van der Waals surface area contributed by atoms with E-state index >= 15 is 0 Å². The van der Waals surface area contributed by atoms with E-state index < -0.39 is 28.5 Å². The van der Waals surface area contributed by atoms with Crippen molar-refractivity contribution in [3.63, 3.8) is 0 Å². The van der Waals surface area contributed by atoms with Crippen LogP contribution in [0.1, 0.15) is 49.3 Å². The van der Waals surface area contributed by atoms with E-state index in [-0.39, 0.29) is 29.8 Å². The fraction of sp³-hybridized carbons (Fsp3) is 0.345. The van der Waals surface area contributed by atoms with E-state index in [0.717, 1.165) is 30.0 Å². The van der Waals surface area contributed by atoms with Gasteiger partial charge < -0.3 is 15.2 Å². The topological polar surface area (TPSA) is 152 Å². The Labute approximate surface area is 259 Å². The van der Waals surface area contributed by atoms with Crippen LogP contribution in [0, 0.1) is 5.92 Å². The molecule has 43 heavy (non-hydrogen) atoms. The molecule has 1 aliphatic carbocycles. The Morgan fingerprint density at radius 3 is 2.49 bits per heavy atom. The molecule has 3 heterocycles. The Bertz CT molecular complexity index is 1660. The molecule has 0 radical (unpaired) electrons. The molecule has 0 bridgehead atoms. The third-order valence-electron chi connectivity index (χ3n) is 7.33. The molecule has 1 amide bonds. The van der Waals surface area contributed by atoms with Crippen LogP contribution in [0.5, 0.6) is 5.88 Å². The zero-order valence-corrected chi connectivity index (χ0v) is 25.8. The lowest BCUT2D eigenvalue weighted by Gasteiger charge is -2.22. The number of sulfonamides is 1. The lowest BCUT2D eigenvalue weighted by atomic mass is 9.87. The minimum atomic E-state index is -4.16. The van der Waals surface area contributed by atoms with Crippen LogP contribution in [0.25, 0.3) is 10.3 Å². The first-order chi connectivity index (χ1) is 20.2. The standard InChI is InChI=1S/C29H31N5O6S2.ClH/c1-40-25-14-13-24-28(32-25)41-29(31-24)33-27(37)23(16-19-6-2-3-7-19)20-9-11-22(12-10-20)42(38,39)34(18-26(35)36)17-21-8-4-5-15-30-21;/h4-5,8-15,19,23H,2-3,6-7,16-18H2,1H3,(H,35,36)(H,31,33,37);1H. The Hall–Kier alpha value is -3.65. The van der Waals surface area contributed by atoms with Gasteiger partial charge in [0.05, 0.1) is 30.2 Å². The van der Waals surface area contributed by atoms with E-state index in [0.29, 0.717) is 45.0 Å². The lowest BCUT2D eigenvalue weighted by molar-refractivity contribution is -0.137. The molecule has 1 unspecified atom stereocenters. The van der Waals surface area contributed by atoms with Gasteiger partial charge in [0.25, 0.3) is 0 Å². The molecule has 1 saturated carbocycles. The van der Waals surface area contributed by atoms with Gasteiger partial charge in [-0.25, -0.2) is 18.4 Å². The first-order valence-electron chi connectivity index (χ1n) is 13.6. The molecule has 4 aromatic rings. The van der Waals surface area contributed by atoms with Crippen LogP contribution < -0.4 is 10.1 Å². The van der Waals surface area contributed by atoms with Crippen molar-refractivity contribution in [2.24, 2.45) is 5.92 Å². The Morgan fingerprint density at radius 1 is 1.09 bits per heavy atom. The van der Waals surface area contributed by atoms with Crippen LogP contribution in [-0.4, -0.2) is 58.3 Å². The normalized spacial score (nSPS) is 14.4. The van der Waals surface area contributed by atoms with Gasteiger partial charge >= 0.3 is 5.97 Å². The number of benzene rings is 1. The number of thiazole rings is 1. The number of carbonyl (C=O) groups is 2. The molecule has 11 nitrogen and oxygen atoms in total. The highest BCUT2D eigenvalue weighted by molar-refractivity contribution is 7.89. The molecule has 1 fully saturated rings. The van der Waals surface area contributed by atoms with Gasteiger partial charge in [-0.05, 0) is 48.2 Å². The first kappa shape index (κ1) is 32.3. The average Bonchev–Trinajstić information content (AvgIpc) is 3.65. The van der Waals surface area contributed by atoms with E-state index in [4.69, 9.17) is 4.74 Å². The number of amides is 1. The number of anilines is 1. The smallest absolute Gasteiger partial charge is 0.318 e. The fourth-order valence-corrected chi connectivity index (χ4v) is 7.40. The summed E-state index contributed by atoms with van der Waals surface area (Å²) in [6.45, 7) is -0.900. The molecular weight excluding hydrogens is 614 g/mol. The van der Waals surface area contributed by atoms with Crippen LogP contribution in [0.4, 0.5) is 5.13 Å². The second kappa shape index (κ2) is 14.2. The van der Waals surface area contributed by atoms with Gasteiger partial charge in [0.2, 0.25) is 21.8 Å². The van der Waals surface area contributed by atoms with Gasteiger partial charge in [0.1, 0.15) is 16.9 Å².